The first-order chi connectivity index (χ1) is 12.5. The van der Waals surface area contributed by atoms with Crippen LogP contribution in [-0.4, -0.2) is 25.2 Å². The molecule has 0 amide bonds. The molecule has 2 N–H and O–H groups in total. The van der Waals surface area contributed by atoms with Gasteiger partial charge in [0.25, 0.3) is 0 Å². The van der Waals surface area contributed by atoms with E-state index in [0.29, 0.717) is 5.75 Å². The van der Waals surface area contributed by atoms with E-state index in [1.54, 1.807) is 12.1 Å². The number of aliphatic hydroxyl groups is 1. The van der Waals surface area contributed by atoms with Crippen molar-refractivity contribution in [1.29, 1.82) is 0 Å². The number of phenolic OH excluding ortho intramolecular Hbond substituents is 1. The van der Waals surface area contributed by atoms with Gasteiger partial charge in [0, 0.05) is 0 Å². The van der Waals surface area contributed by atoms with E-state index >= 15 is 0 Å². The minimum absolute atomic E-state index is 0.00338. The van der Waals surface area contributed by atoms with Crippen molar-refractivity contribution in [2.75, 3.05) is 6.61 Å². The lowest BCUT2D eigenvalue weighted by molar-refractivity contribution is 0.116. The second-order valence-electron chi connectivity index (χ2n) is 5.67. The molecule has 0 aliphatic carbocycles. The molecule has 0 aromatic heterocycles. The van der Waals surface area contributed by atoms with Gasteiger partial charge in [-0.25, -0.2) is 8.42 Å². The summed E-state index contributed by atoms with van der Waals surface area (Å²) < 4.78 is 30.9. The van der Waals surface area contributed by atoms with Crippen LogP contribution < -0.4 is 4.74 Å². The molecular weight excluding hydrogens is 352 g/mol. The molecule has 1 unspecified atom stereocenters. The highest BCUT2D eigenvalue weighted by molar-refractivity contribution is 7.91. The topological polar surface area (TPSA) is 83.8 Å². The fraction of sp³-hybridized carbons (Fsp3) is 0.100. The fourth-order valence-corrected chi connectivity index (χ4v) is 3.76. The lowest BCUT2D eigenvalue weighted by atomic mass is 10.1. The smallest absolute Gasteiger partial charge is 0.206 e. The van der Waals surface area contributed by atoms with E-state index in [1.807, 2.05) is 30.3 Å². The molecule has 3 rings (SSSR count). The van der Waals surface area contributed by atoms with Gasteiger partial charge in [0.15, 0.2) is 0 Å². The first kappa shape index (κ1) is 18.0. The van der Waals surface area contributed by atoms with Crippen molar-refractivity contribution >= 4 is 9.84 Å². The molecule has 134 valence electrons. The van der Waals surface area contributed by atoms with Crippen molar-refractivity contribution < 1.29 is 23.4 Å². The number of rotatable bonds is 6. The Morgan fingerprint density at radius 3 is 1.88 bits per heavy atom. The summed E-state index contributed by atoms with van der Waals surface area (Å²) in [7, 11) is -3.67. The quantitative estimate of drug-likeness (QED) is 0.695. The van der Waals surface area contributed by atoms with Crippen LogP contribution in [0.25, 0.3) is 0 Å². The Labute approximate surface area is 152 Å². The minimum Gasteiger partial charge on any atom is -0.508 e. The molecule has 3 aromatic rings. The van der Waals surface area contributed by atoms with E-state index in [-0.39, 0.29) is 22.1 Å². The van der Waals surface area contributed by atoms with E-state index < -0.39 is 15.9 Å². The molecule has 0 bridgehead atoms. The van der Waals surface area contributed by atoms with Crippen molar-refractivity contribution in [2.45, 2.75) is 15.9 Å². The summed E-state index contributed by atoms with van der Waals surface area (Å²) >= 11 is 0. The van der Waals surface area contributed by atoms with Gasteiger partial charge in [-0.1, -0.05) is 30.3 Å². The van der Waals surface area contributed by atoms with Crippen molar-refractivity contribution in [3.05, 3.63) is 84.4 Å². The Balaban J connectivity index is 1.81. The SMILES string of the molecule is O=S(=O)(c1ccc(O)cc1)c1ccc(OC(CO)c2ccccc2)cc1. The monoisotopic (exact) mass is 370 g/mol. The third kappa shape index (κ3) is 3.87. The number of ether oxygens (including phenoxy) is 1. The Morgan fingerprint density at radius 1 is 0.808 bits per heavy atom. The Kier molecular flexibility index (Phi) is 5.25. The molecule has 26 heavy (non-hydrogen) atoms. The van der Waals surface area contributed by atoms with Gasteiger partial charge in [0.05, 0.1) is 16.4 Å². The molecular formula is C20H18O5S. The van der Waals surface area contributed by atoms with Crippen LogP contribution in [0.15, 0.2) is 88.7 Å². The number of aromatic hydroxyl groups is 1. The van der Waals surface area contributed by atoms with Crippen LogP contribution in [0.4, 0.5) is 0 Å². The molecule has 0 saturated carbocycles. The lowest BCUT2D eigenvalue weighted by Crippen LogP contribution is -2.12. The lowest BCUT2D eigenvalue weighted by Gasteiger charge is -2.17. The molecule has 3 aromatic carbocycles. The third-order valence-electron chi connectivity index (χ3n) is 3.90. The van der Waals surface area contributed by atoms with Crippen LogP contribution in [0.3, 0.4) is 0 Å². The summed E-state index contributed by atoms with van der Waals surface area (Å²) in [4.78, 5) is 0.220. The maximum absolute atomic E-state index is 12.6. The van der Waals surface area contributed by atoms with Crippen molar-refractivity contribution in [3.63, 3.8) is 0 Å². The summed E-state index contributed by atoms with van der Waals surface area (Å²) in [6, 6.07) is 20.7. The Bertz CT molecular complexity index is 949. The van der Waals surface area contributed by atoms with E-state index in [1.165, 1.54) is 36.4 Å². The molecule has 0 aliphatic rings. The number of hydrogen-bond donors (Lipinski definition) is 2. The Hall–Kier alpha value is -2.83. The van der Waals surface area contributed by atoms with E-state index in [4.69, 9.17) is 4.74 Å². The van der Waals surface area contributed by atoms with Gasteiger partial charge in [0.1, 0.15) is 17.6 Å². The predicted octanol–water partition coefficient (Wildman–Crippen LogP) is 3.34. The number of hydrogen-bond acceptors (Lipinski definition) is 5. The number of phenols is 1. The minimum atomic E-state index is -3.67. The molecule has 5 nitrogen and oxygen atoms in total. The molecule has 0 spiro atoms. The van der Waals surface area contributed by atoms with Crippen LogP contribution >= 0.6 is 0 Å². The van der Waals surface area contributed by atoms with Crippen LogP contribution in [0.2, 0.25) is 0 Å². The van der Waals surface area contributed by atoms with E-state index in [0.717, 1.165) is 5.56 Å². The standard InChI is InChI=1S/C20H18O5S/c21-14-20(15-4-2-1-3-5-15)25-17-8-12-19(13-9-17)26(23,24)18-10-6-16(22)7-11-18/h1-13,20-22H,14H2. The highest BCUT2D eigenvalue weighted by Crippen LogP contribution is 2.26. The zero-order valence-electron chi connectivity index (χ0n) is 13.8. The van der Waals surface area contributed by atoms with Crippen molar-refractivity contribution in [1.82, 2.24) is 0 Å². The van der Waals surface area contributed by atoms with E-state index in [2.05, 4.69) is 0 Å². The van der Waals surface area contributed by atoms with Gasteiger partial charge in [-0.3, -0.25) is 0 Å². The second kappa shape index (κ2) is 7.59. The highest BCUT2D eigenvalue weighted by Gasteiger charge is 2.18. The largest absolute Gasteiger partial charge is 0.508 e. The molecule has 6 heteroatoms. The average Bonchev–Trinajstić information content (AvgIpc) is 2.67. The highest BCUT2D eigenvalue weighted by atomic mass is 32.2. The first-order valence-corrected chi connectivity index (χ1v) is 9.45. The fourth-order valence-electron chi connectivity index (χ4n) is 2.50. The maximum Gasteiger partial charge on any atom is 0.206 e. The second-order valence-corrected chi connectivity index (χ2v) is 7.62. The molecule has 0 aliphatic heterocycles. The molecule has 1 atom stereocenters. The normalized spacial score (nSPS) is 12.5. The molecule has 0 heterocycles. The van der Waals surface area contributed by atoms with Gasteiger partial charge in [-0.2, -0.15) is 0 Å². The summed E-state index contributed by atoms with van der Waals surface area (Å²) in [5, 5.41) is 18.9. The molecule has 0 radical (unpaired) electrons. The third-order valence-corrected chi connectivity index (χ3v) is 5.68. The van der Waals surface area contributed by atoms with Gasteiger partial charge in [-0.05, 0) is 54.1 Å². The summed E-state index contributed by atoms with van der Waals surface area (Å²) in [6.07, 6.45) is -0.532. The van der Waals surface area contributed by atoms with Crippen molar-refractivity contribution in [2.24, 2.45) is 0 Å². The van der Waals surface area contributed by atoms with Crippen LogP contribution in [0.5, 0.6) is 11.5 Å². The van der Waals surface area contributed by atoms with Crippen LogP contribution in [-0.2, 0) is 9.84 Å². The van der Waals surface area contributed by atoms with Gasteiger partial charge < -0.3 is 14.9 Å². The summed E-state index contributed by atoms with van der Waals surface area (Å²) in [5.74, 6) is 0.459. The number of sulfone groups is 1. The predicted molar refractivity (Wildman–Crippen MR) is 96.9 cm³/mol. The zero-order valence-corrected chi connectivity index (χ0v) is 14.6. The average molecular weight is 370 g/mol. The summed E-state index contributed by atoms with van der Waals surface area (Å²) in [6.45, 7) is -0.197. The van der Waals surface area contributed by atoms with E-state index in [9.17, 15) is 18.6 Å². The van der Waals surface area contributed by atoms with Crippen LogP contribution in [0, 0.1) is 0 Å². The first-order valence-electron chi connectivity index (χ1n) is 7.97. The summed E-state index contributed by atoms with van der Waals surface area (Å²) in [5.41, 5.74) is 0.829. The van der Waals surface area contributed by atoms with Gasteiger partial charge in [-0.15, -0.1) is 0 Å². The maximum atomic E-state index is 12.6. The zero-order chi connectivity index (χ0) is 18.6. The van der Waals surface area contributed by atoms with Crippen molar-refractivity contribution in [3.8, 4) is 11.5 Å². The number of benzene rings is 3. The van der Waals surface area contributed by atoms with Gasteiger partial charge >= 0.3 is 0 Å². The molecule has 0 saturated heterocycles. The Morgan fingerprint density at radius 2 is 1.35 bits per heavy atom. The van der Waals surface area contributed by atoms with Gasteiger partial charge in [0.2, 0.25) is 9.84 Å². The number of aliphatic hydroxyl groups excluding tert-OH is 1. The molecule has 0 fully saturated rings. The van der Waals surface area contributed by atoms with Crippen LogP contribution in [0.1, 0.15) is 11.7 Å².